The fraction of sp³-hybridized carbons (Fsp3) is 0.364. The minimum absolute atomic E-state index is 0.442. The van der Waals surface area contributed by atoms with Crippen LogP contribution >= 0.6 is 11.6 Å². The smallest absolute Gasteiger partial charge is 0.375 e. The van der Waals surface area contributed by atoms with E-state index in [2.05, 4.69) is 22.1 Å². The van der Waals surface area contributed by atoms with Gasteiger partial charge in [0.1, 0.15) is 0 Å². The summed E-state index contributed by atoms with van der Waals surface area (Å²) >= 11 is 4.34. The molecule has 1 unspecified atom stereocenters. The Morgan fingerprint density at radius 1 is 1.15 bits per heavy atom. The molecule has 0 bridgehead atoms. The number of nitrogens with one attached hydrogen (secondary N) is 1. The number of halogens is 6. The summed E-state index contributed by atoms with van der Waals surface area (Å²) in [4.78, 5) is 0. The van der Waals surface area contributed by atoms with Gasteiger partial charge in [-0.2, -0.15) is 27.1 Å². The standard InChI is InChI=1S/C11H10ClF5N2O/c12-10(13,14)9(20,11(15,16)17)6-7-18-19-8-4-2-1-3-5-8/h1-5,7,19-20H,6H2/b18-7+. The first-order chi connectivity index (χ1) is 9.08. The van der Waals surface area contributed by atoms with Gasteiger partial charge in [-0.3, -0.25) is 5.43 Å². The molecular weight excluding hydrogens is 307 g/mol. The Morgan fingerprint density at radius 3 is 2.15 bits per heavy atom. The predicted octanol–water partition coefficient (Wildman–Crippen LogP) is 3.60. The van der Waals surface area contributed by atoms with Crippen LogP contribution in [-0.4, -0.2) is 28.5 Å². The van der Waals surface area contributed by atoms with E-state index >= 15 is 0 Å². The van der Waals surface area contributed by atoms with Gasteiger partial charge in [0.15, 0.2) is 0 Å². The largest absolute Gasteiger partial charge is 0.424 e. The zero-order valence-electron chi connectivity index (χ0n) is 9.83. The van der Waals surface area contributed by atoms with Gasteiger partial charge in [-0.15, -0.1) is 0 Å². The van der Waals surface area contributed by atoms with E-state index in [9.17, 15) is 22.0 Å². The molecule has 3 nitrogen and oxygen atoms in total. The predicted molar refractivity (Wildman–Crippen MR) is 65.0 cm³/mol. The Bertz CT molecular complexity index is 444. The molecule has 1 aromatic carbocycles. The summed E-state index contributed by atoms with van der Waals surface area (Å²) in [5.74, 6) is 0. The maximum absolute atomic E-state index is 12.7. The summed E-state index contributed by atoms with van der Waals surface area (Å²) in [5, 5.41) is 7.51. The highest BCUT2D eigenvalue weighted by atomic mass is 35.5. The highest BCUT2D eigenvalue weighted by molar-refractivity contribution is 6.22. The molecule has 0 aliphatic heterocycles. The monoisotopic (exact) mass is 316 g/mol. The number of aliphatic hydroxyl groups is 1. The number of rotatable bonds is 5. The summed E-state index contributed by atoms with van der Waals surface area (Å²) in [5.41, 5.74) is -1.62. The highest BCUT2D eigenvalue weighted by Crippen LogP contribution is 2.46. The van der Waals surface area contributed by atoms with Gasteiger partial charge in [-0.1, -0.05) is 18.2 Å². The summed E-state index contributed by atoms with van der Waals surface area (Å²) in [7, 11) is 0. The third kappa shape index (κ3) is 3.80. The Hall–Kier alpha value is -1.41. The molecule has 0 aliphatic carbocycles. The van der Waals surface area contributed by atoms with Gasteiger partial charge in [0.2, 0.25) is 5.60 Å². The zero-order chi connectivity index (χ0) is 15.4. The normalized spacial score (nSPS) is 16.1. The van der Waals surface area contributed by atoms with E-state index in [4.69, 9.17) is 5.11 Å². The number of alkyl halides is 6. The second kappa shape index (κ2) is 5.92. The van der Waals surface area contributed by atoms with Crippen molar-refractivity contribution in [1.29, 1.82) is 0 Å². The van der Waals surface area contributed by atoms with E-state index in [0.29, 0.717) is 11.9 Å². The second-order valence-electron chi connectivity index (χ2n) is 3.85. The minimum atomic E-state index is -5.60. The molecule has 0 fully saturated rings. The lowest BCUT2D eigenvalue weighted by atomic mass is 10.0. The van der Waals surface area contributed by atoms with Crippen LogP contribution in [0.2, 0.25) is 0 Å². The first-order valence-corrected chi connectivity index (χ1v) is 5.64. The van der Waals surface area contributed by atoms with Crippen LogP contribution in [0.4, 0.5) is 27.6 Å². The van der Waals surface area contributed by atoms with Crippen LogP contribution < -0.4 is 5.43 Å². The van der Waals surface area contributed by atoms with Crippen LogP contribution in [0.1, 0.15) is 6.42 Å². The molecule has 0 saturated heterocycles. The van der Waals surface area contributed by atoms with Crippen molar-refractivity contribution >= 4 is 23.5 Å². The molecule has 20 heavy (non-hydrogen) atoms. The molecule has 0 aromatic heterocycles. The average molecular weight is 317 g/mol. The van der Waals surface area contributed by atoms with E-state index in [1.54, 1.807) is 30.3 Å². The SMILES string of the molecule is OC(C/C=N/Nc1ccccc1)(C(F)(F)F)C(F)(F)Cl. The third-order valence-electron chi connectivity index (χ3n) is 2.38. The van der Waals surface area contributed by atoms with Crippen LogP contribution in [0.25, 0.3) is 0 Å². The summed E-state index contributed by atoms with van der Waals surface area (Å²) in [6, 6.07) is 8.09. The van der Waals surface area contributed by atoms with E-state index in [1.165, 1.54) is 0 Å². The van der Waals surface area contributed by atoms with Crippen LogP contribution in [0.5, 0.6) is 0 Å². The summed E-state index contributed by atoms with van der Waals surface area (Å²) in [6.07, 6.45) is -6.61. The molecule has 0 spiro atoms. The molecule has 112 valence electrons. The van der Waals surface area contributed by atoms with Crippen LogP contribution in [-0.2, 0) is 0 Å². The average Bonchev–Trinajstić information content (AvgIpc) is 2.33. The van der Waals surface area contributed by atoms with Crippen molar-refractivity contribution in [2.75, 3.05) is 5.43 Å². The van der Waals surface area contributed by atoms with Crippen molar-refractivity contribution in [3.05, 3.63) is 30.3 Å². The van der Waals surface area contributed by atoms with Crippen molar-refractivity contribution in [3.8, 4) is 0 Å². The molecule has 2 N–H and O–H groups in total. The molecule has 0 amide bonds. The number of nitrogens with zero attached hydrogens (tertiary/aromatic N) is 1. The van der Waals surface area contributed by atoms with Gasteiger partial charge < -0.3 is 5.11 Å². The fourth-order valence-corrected chi connectivity index (χ4v) is 1.39. The summed E-state index contributed by atoms with van der Waals surface area (Å²) < 4.78 is 62.8. The first-order valence-electron chi connectivity index (χ1n) is 5.26. The maximum Gasteiger partial charge on any atom is 0.424 e. The van der Waals surface area contributed by atoms with Gasteiger partial charge >= 0.3 is 11.6 Å². The fourth-order valence-electron chi connectivity index (χ4n) is 1.20. The maximum atomic E-state index is 12.7. The van der Waals surface area contributed by atoms with Crippen molar-refractivity contribution in [1.82, 2.24) is 0 Å². The molecular formula is C11H10ClF5N2O. The van der Waals surface area contributed by atoms with Crippen molar-refractivity contribution < 1.29 is 27.1 Å². The highest BCUT2D eigenvalue weighted by Gasteiger charge is 2.68. The number of benzene rings is 1. The van der Waals surface area contributed by atoms with Crippen LogP contribution in [0.3, 0.4) is 0 Å². The Labute approximate surface area is 116 Å². The Kier molecular flexibility index (Phi) is 4.93. The van der Waals surface area contributed by atoms with Crippen LogP contribution in [0, 0.1) is 0 Å². The minimum Gasteiger partial charge on any atom is -0.375 e. The van der Waals surface area contributed by atoms with Gasteiger partial charge in [0, 0.05) is 12.6 Å². The van der Waals surface area contributed by atoms with Gasteiger partial charge in [-0.05, 0) is 23.7 Å². The Balaban J connectivity index is 2.74. The molecule has 1 aromatic rings. The van der Waals surface area contributed by atoms with Gasteiger partial charge in [0.05, 0.1) is 5.69 Å². The van der Waals surface area contributed by atoms with Crippen molar-refractivity contribution in [2.24, 2.45) is 5.10 Å². The molecule has 0 radical (unpaired) electrons. The van der Waals surface area contributed by atoms with E-state index in [-0.39, 0.29) is 0 Å². The van der Waals surface area contributed by atoms with Crippen molar-refractivity contribution in [2.45, 2.75) is 23.6 Å². The molecule has 0 saturated carbocycles. The third-order valence-corrected chi connectivity index (χ3v) is 2.70. The lowest BCUT2D eigenvalue weighted by molar-refractivity contribution is -0.306. The number of hydrogen-bond acceptors (Lipinski definition) is 3. The lowest BCUT2D eigenvalue weighted by Crippen LogP contribution is -2.56. The second-order valence-corrected chi connectivity index (χ2v) is 4.32. The Morgan fingerprint density at radius 2 is 1.70 bits per heavy atom. The van der Waals surface area contributed by atoms with Gasteiger partial charge in [-0.25, -0.2) is 0 Å². The lowest BCUT2D eigenvalue weighted by Gasteiger charge is -2.32. The van der Waals surface area contributed by atoms with Gasteiger partial charge in [0.25, 0.3) is 0 Å². The number of para-hydroxylation sites is 1. The number of anilines is 1. The van der Waals surface area contributed by atoms with E-state index in [1.807, 2.05) is 0 Å². The van der Waals surface area contributed by atoms with E-state index < -0.39 is 23.6 Å². The summed E-state index contributed by atoms with van der Waals surface area (Å²) in [6.45, 7) is 0. The quantitative estimate of drug-likeness (QED) is 0.377. The van der Waals surface area contributed by atoms with Crippen molar-refractivity contribution in [3.63, 3.8) is 0 Å². The van der Waals surface area contributed by atoms with Crippen LogP contribution in [0.15, 0.2) is 35.4 Å². The number of hydrogen-bond donors (Lipinski definition) is 2. The van der Waals surface area contributed by atoms with E-state index in [0.717, 1.165) is 0 Å². The topological polar surface area (TPSA) is 44.6 Å². The molecule has 0 heterocycles. The molecule has 1 rings (SSSR count). The molecule has 9 heteroatoms. The first kappa shape index (κ1) is 16.6. The number of hydrazone groups is 1. The zero-order valence-corrected chi connectivity index (χ0v) is 10.6. The molecule has 1 atom stereocenters. The molecule has 0 aliphatic rings.